The van der Waals surface area contributed by atoms with Crippen LogP contribution in [0.15, 0.2) is 18.2 Å². The van der Waals surface area contributed by atoms with E-state index in [9.17, 15) is 14.9 Å². The van der Waals surface area contributed by atoms with E-state index in [0.717, 1.165) is 44.9 Å². The van der Waals surface area contributed by atoms with Crippen LogP contribution >= 0.6 is 0 Å². The number of hydrogen-bond acceptors (Lipinski definition) is 4. The Morgan fingerprint density at radius 1 is 1.26 bits per heavy atom. The SMILES string of the molecule is CCC1(Oc2cc(C(=O)O)ccc2[N+](=O)[O-])CCCCCCC1. The molecule has 23 heavy (non-hydrogen) atoms. The first kappa shape index (κ1) is 17.2. The van der Waals surface area contributed by atoms with E-state index in [4.69, 9.17) is 9.84 Å². The number of hydrogen-bond donors (Lipinski definition) is 1. The van der Waals surface area contributed by atoms with Gasteiger partial charge in [-0.3, -0.25) is 10.1 Å². The lowest BCUT2D eigenvalue weighted by Crippen LogP contribution is -2.36. The van der Waals surface area contributed by atoms with Gasteiger partial charge in [0, 0.05) is 12.1 Å². The number of benzene rings is 1. The highest BCUT2D eigenvalue weighted by Gasteiger charge is 2.33. The van der Waals surface area contributed by atoms with E-state index in [1.54, 1.807) is 0 Å². The molecule has 126 valence electrons. The lowest BCUT2D eigenvalue weighted by molar-refractivity contribution is -0.386. The zero-order valence-corrected chi connectivity index (χ0v) is 13.4. The summed E-state index contributed by atoms with van der Waals surface area (Å²) in [6.45, 7) is 2.02. The van der Waals surface area contributed by atoms with E-state index in [1.807, 2.05) is 6.92 Å². The summed E-state index contributed by atoms with van der Waals surface area (Å²) in [7, 11) is 0. The summed E-state index contributed by atoms with van der Waals surface area (Å²) >= 11 is 0. The summed E-state index contributed by atoms with van der Waals surface area (Å²) in [5, 5.41) is 20.4. The van der Waals surface area contributed by atoms with Crippen molar-refractivity contribution in [2.45, 2.75) is 63.9 Å². The Bertz CT molecular complexity index is 576. The average Bonchev–Trinajstić information content (AvgIpc) is 2.49. The third-order valence-corrected chi connectivity index (χ3v) is 4.64. The molecular formula is C17H23NO5. The van der Waals surface area contributed by atoms with Crippen LogP contribution < -0.4 is 4.74 Å². The maximum atomic E-state index is 11.2. The van der Waals surface area contributed by atoms with Crippen LogP contribution in [0.3, 0.4) is 0 Å². The first-order valence-corrected chi connectivity index (χ1v) is 8.18. The van der Waals surface area contributed by atoms with Crippen molar-refractivity contribution in [1.29, 1.82) is 0 Å². The van der Waals surface area contributed by atoms with E-state index >= 15 is 0 Å². The lowest BCUT2D eigenvalue weighted by atomic mass is 9.85. The zero-order chi connectivity index (χ0) is 16.9. The third kappa shape index (κ3) is 4.21. The van der Waals surface area contributed by atoms with Crippen molar-refractivity contribution in [3.8, 4) is 5.75 Å². The molecule has 1 aliphatic rings. The number of carbonyl (C=O) groups is 1. The second-order valence-corrected chi connectivity index (χ2v) is 6.15. The number of carboxylic acids is 1. The molecule has 0 bridgehead atoms. The normalized spacial score (nSPS) is 17.8. The summed E-state index contributed by atoms with van der Waals surface area (Å²) in [6, 6.07) is 3.73. The van der Waals surface area contributed by atoms with Crippen LogP contribution in [0.4, 0.5) is 5.69 Å². The molecule has 0 amide bonds. The molecule has 0 unspecified atom stereocenters. The number of nitro benzene ring substituents is 1. The Morgan fingerprint density at radius 2 is 1.87 bits per heavy atom. The number of ether oxygens (including phenoxy) is 1. The Morgan fingerprint density at radius 3 is 2.39 bits per heavy atom. The highest BCUT2D eigenvalue weighted by Crippen LogP contribution is 2.38. The van der Waals surface area contributed by atoms with Gasteiger partial charge in [-0.2, -0.15) is 0 Å². The van der Waals surface area contributed by atoms with Crippen LogP contribution in [0, 0.1) is 10.1 Å². The fraction of sp³-hybridized carbons (Fsp3) is 0.588. The molecule has 1 fully saturated rings. The van der Waals surface area contributed by atoms with Crippen LogP contribution in [0.1, 0.15) is 68.6 Å². The molecule has 6 heteroatoms. The summed E-state index contributed by atoms with van der Waals surface area (Å²) in [5.41, 5.74) is -0.616. The van der Waals surface area contributed by atoms with Gasteiger partial charge in [0.25, 0.3) is 0 Å². The molecule has 2 rings (SSSR count). The van der Waals surface area contributed by atoms with E-state index in [0.29, 0.717) is 0 Å². The summed E-state index contributed by atoms with van der Waals surface area (Å²) in [4.78, 5) is 21.9. The van der Waals surface area contributed by atoms with Crippen molar-refractivity contribution in [2.24, 2.45) is 0 Å². The second-order valence-electron chi connectivity index (χ2n) is 6.15. The summed E-state index contributed by atoms with van der Waals surface area (Å²) < 4.78 is 6.11. The Labute approximate surface area is 135 Å². The molecule has 6 nitrogen and oxygen atoms in total. The minimum atomic E-state index is -1.12. The van der Waals surface area contributed by atoms with Crippen molar-refractivity contribution in [1.82, 2.24) is 0 Å². The molecule has 1 aromatic carbocycles. The molecule has 1 aromatic rings. The first-order chi connectivity index (χ1) is 11.0. The zero-order valence-electron chi connectivity index (χ0n) is 13.4. The Kier molecular flexibility index (Phi) is 5.58. The molecule has 1 N–H and O–H groups in total. The standard InChI is InChI=1S/C17H23NO5/c1-2-17(10-6-4-3-5-7-11-17)23-15-12-13(16(19)20)8-9-14(15)18(21)22/h8-9,12H,2-7,10-11H2,1H3,(H,19,20). The van der Waals surface area contributed by atoms with Crippen LogP contribution in [0.25, 0.3) is 0 Å². The third-order valence-electron chi connectivity index (χ3n) is 4.64. The van der Waals surface area contributed by atoms with Gasteiger partial charge in [0.05, 0.1) is 10.5 Å². The first-order valence-electron chi connectivity index (χ1n) is 8.18. The monoisotopic (exact) mass is 321 g/mol. The van der Waals surface area contributed by atoms with Gasteiger partial charge >= 0.3 is 11.7 Å². The molecule has 0 aliphatic heterocycles. The Hall–Kier alpha value is -2.11. The van der Waals surface area contributed by atoms with Gasteiger partial charge in [-0.15, -0.1) is 0 Å². The van der Waals surface area contributed by atoms with Gasteiger partial charge in [0.2, 0.25) is 0 Å². The topological polar surface area (TPSA) is 89.7 Å². The van der Waals surface area contributed by atoms with Crippen LogP contribution in [-0.2, 0) is 0 Å². The summed E-state index contributed by atoms with van der Waals surface area (Å²) in [5.74, 6) is -1.05. The van der Waals surface area contributed by atoms with Gasteiger partial charge in [0.15, 0.2) is 5.75 Å². The fourth-order valence-corrected chi connectivity index (χ4v) is 3.19. The van der Waals surface area contributed by atoms with Crippen molar-refractivity contribution < 1.29 is 19.6 Å². The van der Waals surface area contributed by atoms with Crippen molar-refractivity contribution in [3.63, 3.8) is 0 Å². The maximum absolute atomic E-state index is 11.2. The van der Waals surface area contributed by atoms with Gasteiger partial charge in [-0.25, -0.2) is 4.79 Å². The van der Waals surface area contributed by atoms with Crippen molar-refractivity contribution in [2.75, 3.05) is 0 Å². The number of rotatable bonds is 5. The molecule has 0 heterocycles. The highest BCUT2D eigenvalue weighted by molar-refractivity contribution is 5.88. The van der Waals surface area contributed by atoms with Crippen LogP contribution in [0.2, 0.25) is 0 Å². The fourth-order valence-electron chi connectivity index (χ4n) is 3.19. The number of carboxylic acid groups (broad SMARTS) is 1. The quantitative estimate of drug-likeness (QED) is 0.634. The molecular weight excluding hydrogens is 298 g/mol. The van der Waals surface area contributed by atoms with Gasteiger partial charge in [-0.1, -0.05) is 26.2 Å². The van der Waals surface area contributed by atoms with Gasteiger partial charge in [-0.05, 0) is 38.2 Å². The molecule has 0 atom stereocenters. The Balaban J connectivity index is 2.35. The second kappa shape index (κ2) is 7.44. The average molecular weight is 321 g/mol. The largest absolute Gasteiger partial charge is 0.480 e. The smallest absolute Gasteiger partial charge is 0.335 e. The number of nitrogens with zero attached hydrogens (tertiary/aromatic N) is 1. The maximum Gasteiger partial charge on any atom is 0.335 e. The van der Waals surface area contributed by atoms with Gasteiger partial charge in [0.1, 0.15) is 5.60 Å². The van der Waals surface area contributed by atoms with Crippen LogP contribution in [0.5, 0.6) is 5.75 Å². The highest BCUT2D eigenvalue weighted by atomic mass is 16.6. The van der Waals surface area contributed by atoms with Crippen molar-refractivity contribution in [3.05, 3.63) is 33.9 Å². The molecule has 0 saturated heterocycles. The summed E-state index contributed by atoms with van der Waals surface area (Å²) in [6.07, 6.45) is 8.00. The van der Waals surface area contributed by atoms with E-state index < -0.39 is 16.5 Å². The number of aromatic carboxylic acids is 1. The van der Waals surface area contributed by atoms with E-state index in [1.165, 1.54) is 24.6 Å². The predicted molar refractivity (Wildman–Crippen MR) is 86.0 cm³/mol. The van der Waals surface area contributed by atoms with Crippen molar-refractivity contribution >= 4 is 11.7 Å². The predicted octanol–water partition coefficient (Wildman–Crippen LogP) is 4.56. The molecule has 1 aliphatic carbocycles. The molecule has 1 saturated carbocycles. The van der Waals surface area contributed by atoms with Crippen LogP contribution in [-0.4, -0.2) is 21.6 Å². The van der Waals surface area contributed by atoms with E-state index in [-0.39, 0.29) is 17.0 Å². The van der Waals surface area contributed by atoms with Gasteiger partial charge < -0.3 is 9.84 Å². The lowest BCUT2D eigenvalue weighted by Gasteiger charge is -2.35. The molecule has 0 aromatic heterocycles. The minimum Gasteiger partial charge on any atom is -0.480 e. The number of nitro groups is 1. The minimum absolute atomic E-state index is 0.00250. The van der Waals surface area contributed by atoms with E-state index in [2.05, 4.69) is 0 Å². The molecule has 0 spiro atoms. The molecule has 0 radical (unpaired) electrons.